The van der Waals surface area contributed by atoms with Crippen molar-refractivity contribution in [2.45, 2.75) is 73.8 Å². The number of para-hydroxylation sites is 4. The average Bonchev–Trinajstić information content (AvgIpc) is 1.57. The Morgan fingerprint density at radius 2 is 0.810 bits per heavy atom. The summed E-state index contributed by atoms with van der Waals surface area (Å²) in [6.07, 6.45) is 6.47. The topological polar surface area (TPSA) is 38.1 Å². The third kappa shape index (κ3) is 11.6. The molecule has 0 unspecified atom stereocenters. The number of pyridine rings is 3. The second-order valence-electron chi connectivity index (χ2n) is 28.4. The summed E-state index contributed by atoms with van der Waals surface area (Å²) in [7, 11) is 2.15. The van der Waals surface area contributed by atoms with E-state index in [0.717, 1.165) is 61.8 Å². The summed E-state index contributed by atoms with van der Waals surface area (Å²) in [5.74, 6) is 3.71. The number of benzene rings is 11. The maximum atomic E-state index is 7.76. The van der Waals surface area contributed by atoms with Gasteiger partial charge in [-0.05, 0) is 160 Å². The predicted molar refractivity (Wildman–Crippen MR) is 421 cm³/mol. The zero-order valence-corrected chi connectivity index (χ0v) is 59.9. The van der Waals surface area contributed by atoms with Gasteiger partial charge in [0.15, 0.2) is 71.3 Å². The van der Waals surface area contributed by atoms with Crippen molar-refractivity contribution >= 4 is 33.1 Å². The molecule has 0 saturated heterocycles. The van der Waals surface area contributed by atoms with Gasteiger partial charge in [0.1, 0.15) is 31.0 Å². The molecular formula is C96H83N9+6. The molecule has 6 aliphatic rings. The number of imidazole rings is 3. The van der Waals surface area contributed by atoms with Gasteiger partial charge in [0.25, 0.3) is 17.5 Å². The average molecular weight is 1370 g/mol. The van der Waals surface area contributed by atoms with Gasteiger partial charge in [-0.1, -0.05) is 169 Å². The van der Waals surface area contributed by atoms with Gasteiger partial charge in [-0.15, -0.1) is 0 Å². The van der Waals surface area contributed by atoms with Crippen LogP contribution in [0.4, 0.5) is 0 Å². The third-order valence-electron chi connectivity index (χ3n) is 21.5. The number of aryl methyl sites for hydroxylation is 6. The van der Waals surface area contributed by atoms with E-state index < -0.39 is 6.85 Å². The molecular weight excluding hydrogens is 1280 g/mol. The van der Waals surface area contributed by atoms with Crippen LogP contribution in [0.5, 0.6) is 0 Å². The third-order valence-corrected chi connectivity index (χ3v) is 21.5. The second kappa shape index (κ2) is 26.9. The van der Waals surface area contributed by atoms with Crippen LogP contribution in [0.3, 0.4) is 0 Å². The molecule has 12 heterocycles. The Balaban J connectivity index is 0.0000000930. The van der Waals surface area contributed by atoms with Gasteiger partial charge < -0.3 is 0 Å². The summed E-state index contributed by atoms with van der Waals surface area (Å²) in [5.41, 5.74) is 35.7. The molecule has 6 aliphatic heterocycles. The van der Waals surface area contributed by atoms with Crippen molar-refractivity contribution in [3.05, 3.63) is 383 Å². The largest absolute Gasteiger partial charge is 0.295 e. The summed E-state index contributed by atoms with van der Waals surface area (Å²) < 4.78 is 44.2. The van der Waals surface area contributed by atoms with Gasteiger partial charge in [-0.25, -0.2) is 18.3 Å². The van der Waals surface area contributed by atoms with Crippen molar-refractivity contribution in [2.75, 3.05) is 0 Å². The fraction of sp³-hybridized carbons (Fsp3) is 0.125. The number of fused-ring (bicyclic) bond motifs is 24. The lowest BCUT2D eigenvalue weighted by Gasteiger charge is -2.02. The summed E-state index contributed by atoms with van der Waals surface area (Å²) in [6.45, 7) is 12.3. The molecule has 0 aliphatic carbocycles. The van der Waals surface area contributed by atoms with Crippen LogP contribution in [-0.4, -0.2) is 13.7 Å². The molecule has 11 aromatic carbocycles. The highest BCUT2D eigenvalue weighted by atomic mass is 15.2. The second-order valence-corrected chi connectivity index (χ2v) is 28.4. The quantitative estimate of drug-likeness (QED) is 0.155. The monoisotopic (exact) mass is 1360 g/mol. The highest BCUT2D eigenvalue weighted by Crippen LogP contribution is 2.38. The lowest BCUT2D eigenvalue weighted by Crippen LogP contribution is -2.32. The zero-order valence-electron chi connectivity index (χ0n) is 62.9. The fourth-order valence-corrected chi connectivity index (χ4v) is 16.7. The zero-order chi connectivity index (χ0) is 73.3. The number of nitrogens with zero attached hydrogens (tertiary/aromatic N) is 9. The Kier molecular flexibility index (Phi) is 15.6. The van der Waals surface area contributed by atoms with E-state index in [1.165, 1.54) is 146 Å². The molecule has 105 heavy (non-hydrogen) atoms. The van der Waals surface area contributed by atoms with Crippen LogP contribution in [-0.2, 0) is 46.3 Å². The van der Waals surface area contributed by atoms with Crippen LogP contribution >= 0.6 is 0 Å². The Labute approximate surface area is 618 Å². The fourth-order valence-electron chi connectivity index (χ4n) is 16.7. The van der Waals surface area contributed by atoms with Crippen LogP contribution in [0.15, 0.2) is 322 Å². The Morgan fingerprint density at radius 1 is 0.305 bits per heavy atom. The normalized spacial score (nSPS) is 13.0. The Hall–Kier alpha value is -12.7. The molecule has 0 amide bonds. The molecule has 23 rings (SSSR count). The summed E-state index contributed by atoms with van der Waals surface area (Å²) >= 11 is 0. The van der Waals surface area contributed by atoms with Crippen LogP contribution in [0, 0.1) is 34.5 Å². The smallest absolute Gasteiger partial charge is 0.226 e. The molecule has 0 spiro atoms. The van der Waals surface area contributed by atoms with Crippen LogP contribution < -0.4 is 27.4 Å². The summed E-state index contributed by atoms with van der Waals surface area (Å²) in [4.78, 5) is 0. The SMILES string of the molecule is C[n+]1c2n(c3ccccc31)Cc1ccccc1-2.Cc1cc[n+]2c(c1)-c1ccccc1C2.Cc1ccc2c(c1)-c1cccc[n+]1C2.Cc1ccc2c(c1)n(-c1ccccc1)c1[n+]2Cc2ccccc2-1.Cc1ccc[n+]2c1-c1ccccc1C2.[2H]C([2H])([2H])c1ccc2c(c1)[n+]1c(n2-c2ccccc2)-c2ccccc2C1. The van der Waals surface area contributed by atoms with E-state index in [9.17, 15) is 0 Å². The van der Waals surface area contributed by atoms with Crippen molar-refractivity contribution in [2.24, 2.45) is 7.05 Å². The Morgan fingerprint density at radius 3 is 1.50 bits per heavy atom. The molecule has 0 radical (unpaired) electrons. The molecule has 0 fully saturated rings. The molecule has 9 nitrogen and oxygen atoms in total. The van der Waals surface area contributed by atoms with Crippen LogP contribution in [0.2, 0.25) is 0 Å². The van der Waals surface area contributed by atoms with Crippen LogP contribution in [0.25, 0.3) is 112 Å². The lowest BCUT2D eigenvalue weighted by molar-refractivity contribution is -0.672. The molecule has 0 N–H and O–H groups in total. The first-order chi connectivity index (χ1) is 52.8. The molecule has 506 valence electrons. The first kappa shape index (κ1) is 61.0. The van der Waals surface area contributed by atoms with Gasteiger partial charge in [0.2, 0.25) is 17.1 Å². The van der Waals surface area contributed by atoms with E-state index in [1.807, 2.05) is 36.4 Å². The maximum Gasteiger partial charge on any atom is 0.295 e. The van der Waals surface area contributed by atoms with E-state index in [-0.39, 0.29) is 0 Å². The van der Waals surface area contributed by atoms with E-state index in [2.05, 4.69) is 355 Å². The highest BCUT2D eigenvalue weighted by molar-refractivity contribution is 5.84. The van der Waals surface area contributed by atoms with Gasteiger partial charge in [0.05, 0.1) is 40.4 Å². The van der Waals surface area contributed by atoms with Crippen molar-refractivity contribution in [3.8, 4) is 79.3 Å². The van der Waals surface area contributed by atoms with Gasteiger partial charge >= 0.3 is 0 Å². The minimum atomic E-state index is -2.11. The minimum Gasteiger partial charge on any atom is -0.226 e. The summed E-state index contributed by atoms with van der Waals surface area (Å²) in [6, 6.07) is 106. The van der Waals surface area contributed by atoms with Crippen LogP contribution in [0.1, 0.15) is 65.3 Å². The predicted octanol–water partition coefficient (Wildman–Crippen LogP) is 17.9. The molecule has 9 heteroatoms. The van der Waals surface area contributed by atoms with Crippen molar-refractivity contribution in [1.82, 2.24) is 13.7 Å². The van der Waals surface area contributed by atoms with Gasteiger partial charge in [-0.3, -0.25) is 0 Å². The Bertz CT molecular complexity index is 6280. The standard InChI is InChI=1S/2C21H17N2.C15H13N2.3C13H12N/c1-15-11-12-19-20(13-15)22-14-16-7-5-6-10-18(16)21(22)23(19)17-8-3-2-4-9-17;1-15-11-12-19-20(13-15)23(17-8-3-2-4-9-17)21-18-10-6-5-7-16(18)14-22(19)21;1-16-13-8-4-5-9-14(13)17-10-11-6-2-3-7-12(11)15(16)17;1-10-5-4-8-14-9-11-6-2-3-7-12(11)13(10)14;1-10-5-6-11-9-14-7-3-2-4-13(14)12(11)8-10;1-10-6-7-14-9-11-4-2-3-5-12(11)13(14)8-10/h2*2-13H,14H2,1H3;2-9H,10H2,1H3;3*2-8H,9H2,1H3/q6*+1/i1D3;;;;;. The van der Waals surface area contributed by atoms with E-state index >= 15 is 0 Å². The lowest BCUT2D eigenvalue weighted by atomic mass is 10.0. The van der Waals surface area contributed by atoms with Crippen molar-refractivity contribution in [3.63, 3.8) is 0 Å². The molecule has 0 atom stereocenters. The number of hydrogen-bond donors (Lipinski definition) is 0. The van der Waals surface area contributed by atoms with Gasteiger partial charge in [-0.2, -0.15) is 22.8 Å². The number of aromatic nitrogens is 9. The van der Waals surface area contributed by atoms with E-state index in [4.69, 9.17) is 4.11 Å². The number of rotatable bonds is 2. The minimum absolute atomic E-state index is 0.376. The van der Waals surface area contributed by atoms with Gasteiger partial charge in [0, 0.05) is 73.4 Å². The van der Waals surface area contributed by atoms with E-state index in [0.29, 0.717) is 5.56 Å². The first-order valence-corrected chi connectivity index (χ1v) is 36.5. The highest BCUT2D eigenvalue weighted by Gasteiger charge is 2.38. The van der Waals surface area contributed by atoms with Crippen molar-refractivity contribution in [1.29, 1.82) is 0 Å². The molecule has 0 saturated carbocycles. The molecule has 17 aromatic rings. The first-order valence-electron chi connectivity index (χ1n) is 38.0. The molecule has 0 bridgehead atoms. The number of hydrogen-bond acceptors (Lipinski definition) is 0. The maximum absolute atomic E-state index is 7.76. The summed E-state index contributed by atoms with van der Waals surface area (Å²) in [5, 5.41) is 0. The molecule has 6 aromatic heterocycles. The van der Waals surface area contributed by atoms with Crippen molar-refractivity contribution < 1.29 is 31.5 Å². The van der Waals surface area contributed by atoms with E-state index in [1.54, 1.807) is 6.07 Å².